The average Bonchev–Trinajstić information content (AvgIpc) is 2.45. The van der Waals surface area contributed by atoms with Crippen LogP contribution in [-0.2, 0) is 4.79 Å². The van der Waals surface area contributed by atoms with Crippen LogP contribution in [0.2, 0.25) is 0 Å². The van der Waals surface area contributed by atoms with E-state index in [1.165, 1.54) is 0 Å². The van der Waals surface area contributed by atoms with Crippen molar-refractivity contribution in [3.8, 4) is 5.75 Å². The number of nitrogens with two attached hydrogens (primary N) is 1. The molecule has 104 valence electrons. The van der Waals surface area contributed by atoms with Gasteiger partial charge in [0, 0.05) is 19.1 Å². The zero-order valence-electron chi connectivity index (χ0n) is 11.6. The predicted molar refractivity (Wildman–Crippen MR) is 75.2 cm³/mol. The highest BCUT2D eigenvalue weighted by molar-refractivity contribution is 5.83. The SMILES string of the molecule is COc1cccc([C@@H](C)C(=O)N2CCC[C@H](N)C2)c1. The van der Waals surface area contributed by atoms with Crippen LogP contribution in [0.5, 0.6) is 5.75 Å². The van der Waals surface area contributed by atoms with Crippen molar-refractivity contribution in [1.29, 1.82) is 0 Å². The number of nitrogens with zero attached hydrogens (tertiary/aromatic N) is 1. The zero-order chi connectivity index (χ0) is 13.8. The second kappa shape index (κ2) is 6.06. The molecule has 0 bridgehead atoms. The Hall–Kier alpha value is -1.55. The normalized spacial score (nSPS) is 21.0. The van der Waals surface area contributed by atoms with E-state index in [4.69, 9.17) is 10.5 Å². The molecular formula is C15H22N2O2. The second-order valence-corrected chi connectivity index (χ2v) is 5.18. The van der Waals surface area contributed by atoms with Crippen molar-refractivity contribution in [3.05, 3.63) is 29.8 Å². The largest absolute Gasteiger partial charge is 0.497 e. The van der Waals surface area contributed by atoms with E-state index < -0.39 is 0 Å². The highest BCUT2D eigenvalue weighted by Gasteiger charge is 2.26. The maximum absolute atomic E-state index is 12.5. The second-order valence-electron chi connectivity index (χ2n) is 5.18. The van der Waals surface area contributed by atoms with Gasteiger partial charge in [-0.05, 0) is 37.5 Å². The first-order valence-corrected chi connectivity index (χ1v) is 6.80. The summed E-state index contributed by atoms with van der Waals surface area (Å²) in [6, 6.07) is 7.81. The molecule has 0 saturated carbocycles. The Morgan fingerprint density at radius 2 is 2.32 bits per heavy atom. The molecule has 0 aliphatic carbocycles. The third kappa shape index (κ3) is 3.26. The molecule has 0 aromatic heterocycles. The van der Waals surface area contributed by atoms with Crippen LogP contribution in [0.3, 0.4) is 0 Å². The van der Waals surface area contributed by atoms with Gasteiger partial charge in [-0.15, -0.1) is 0 Å². The number of benzene rings is 1. The van der Waals surface area contributed by atoms with Crippen LogP contribution in [0.1, 0.15) is 31.2 Å². The Morgan fingerprint density at radius 1 is 1.53 bits per heavy atom. The number of amides is 1. The molecule has 2 N–H and O–H groups in total. The van der Waals surface area contributed by atoms with Gasteiger partial charge in [-0.2, -0.15) is 0 Å². The first-order chi connectivity index (χ1) is 9.11. The smallest absolute Gasteiger partial charge is 0.229 e. The fourth-order valence-corrected chi connectivity index (χ4v) is 2.54. The summed E-state index contributed by atoms with van der Waals surface area (Å²) in [5, 5.41) is 0. The topological polar surface area (TPSA) is 55.6 Å². The van der Waals surface area contributed by atoms with E-state index in [1.807, 2.05) is 36.1 Å². The molecule has 2 rings (SSSR count). The summed E-state index contributed by atoms with van der Waals surface area (Å²) in [6.07, 6.45) is 2.01. The van der Waals surface area contributed by atoms with Gasteiger partial charge in [0.1, 0.15) is 5.75 Å². The molecule has 4 nitrogen and oxygen atoms in total. The number of rotatable bonds is 3. The Kier molecular flexibility index (Phi) is 4.43. The third-order valence-electron chi connectivity index (χ3n) is 3.73. The number of hydrogen-bond donors (Lipinski definition) is 1. The van der Waals surface area contributed by atoms with Crippen molar-refractivity contribution in [3.63, 3.8) is 0 Å². The molecule has 1 amide bonds. The number of piperidine rings is 1. The van der Waals surface area contributed by atoms with E-state index in [-0.39, 0.29) is 17.9 Å². The molecule has 2 atom stereocenters. The van der Waals surface area contributed by atoms with Crippen LogP contribution in [0.25, 0.3) is 0 Å². The summed E-state index contributed by atoms with van der Waals surface area (Å²) in [6.45, 7) is 3.44. The maximum Gasteiger partial charge on any atom is 0.229 e. The average molecular weight is 262 g/mol. The first kappa shape index (κ1) is 13.9. The van der Waals surface area contributed by atoms with Crippen LogP contribution < -0.4 is 10.5 Å². The molecule has 1 aromatic carbocycles. The lowest BCUT2D eigenvalue weighted by Crippen LogP contribution is -2.47. The Labute approximate surface area is 114 Å². The standard InChI is InChI=1S/C15H22N2O2/c1-11(12-5-3-7-14(9-12)19-2)15(18)17-8-4-6-13(16)10-17/h3,5,7,9,11,13H,4,6,8,10,16H2,1-2H3/t11-,13+/m1/s1. The number of carbonyl (C=O) groups is 1. The fourth-order valence-electron chi connectivity index (χ4n) is 2.54. The molecular weight excluding hydrogens is 240 g/mol. The van der Waals surface area contributed by atoms with Crippen LogP contribution in [-0.4, -0.2) is 37.0 Å². The van der Waals surface area contributed by atoms with Crippen molar-refractivity contribution >= 4 is 5.91 Å². The van der Waals surface area contributed by atoms with E-state index >= 15 is 0 Å². The molecule has 0 spiro atoms. The van der Waals surface area contributed by atoms with Crippen molar-refractivity contribution in [1.82, 2.24) is 4.90 Å². The van der Waals surface area contributed by atoms with Crippen LogP contribution in [0.4, 0.5) is 0 Å². The van der Waals surface area contributed by atoms with Gasteiger partial charge in [0.15, 0.2) is 0 Å². The molecule has 19 heavy (non-hydrogen) atoms. The molecule has 1 aromatic rings. The summed E-state index contributed by atoms with van der Waals surface area (Å²) in [4.78, 5) is 14.4. The number of hydrogen-bond acceptors (Lipinski definition) is 3. The molecule has 0 radical (unpaired) electrons. The fraction of sp³-hybridized carbons (Fsp3) is 0.533. The van der Waals surface area contributed by atoms with Crippen LogP contribution >= 0.6 is 0 Å². The summed E-state index contributed by atoms with van der Waals surface area (Å²) >= 11 is 0. The Balaban J connectivity index is 2.09. The van der Waals surface area contributed by atoms with Crippen molar-refractivity contribution in [2.24, 2.45) is 5.73 Å². The summed E-state index contributed by atoms with van der Waals surface area (Å²) in [5.41, 5.74) is 6.92. The molecule has 4 heteroatoms. The highest BCUT2D eigenvalue weighted by atomic mass is 16.5. The lowest BCUT2D eigenvalue weighted by atomic mass is 9.97. The number of carbonyl (C=O) groups excluding carboxylic acids is 1. The minimum Gasteiger partial charge on any atom is -0.497 e. The maximum atomic E-state index is 12.5. The van der Waals surface area contributed by atoms with Gasteiger partial charge in [0.05, 0.1) is 13.0 Å². The summed E-state index contributed by atoms with van der Waals surface area (Å²) in [7, 11) is 1.63. The Morgan fingerprint density at radius 3 is 3.00 bits per heavy atom. The molecule has 1 aliphatic heterocycles. The first-order valence-electron chi connectivity index (χ1n) is 6.80. The van der Waals surface area contributed by atoms with Gasteiger partial charge < -0.3 is 15.4 Å². The Bertz CT molecular complexity index is 448. The quantitative estimate of drug-likeness (QED) is 0.903. The molecule has 0 unspecified atom stereocenters. The number of ether oxygens (including phenoxy) is 1. The molecule has 1 saturated heterocycles. The van der Waals surface area contributed by atoms with Gasteiger partial charge in [-0.1, -0.05) is 12.1 Å². The van der Waals surface area contributed by atoms with Gasteiger partial charge in [0.25, 0.3) is 0 Å². The van der Waals surface area contributed by atoms with E-state index in [1.54, 1.807) is 7.11 Å². The van der Waals surface area contributed by atoms with Crippen LogP contribution in [0.15, 0.2) is 24.3 Å². The zero-order valence-corrected chi connectivity index (χ0v) is 11.6. The van der Waals surface area contributed by atoms with Gasteiger partial charge in [0.2, 0.25) is 5.91 Å². The van der Waals surface area contributed by atoms with E-state index in [0.29, 0.717) is 6.54 Å². The lowest BCUT2D eigenvalue weighted by Gasteiger charge is -2.32. The van der Waals surface area contributed by atoms with Gasteiger partial charge >= 0.3 is 0 Å². The van der Waals surface area contributed by atoms with E-state index in [9.17, 15) is 4.79 Å². The summed E-state index contributed by atoms with van der Waals surface area (Å²) in [5.74, 6) is 0.788. The van der Waals surface area contributed by atoms with Crippen molar-refractivity contribution < 1.29 is 9.53 Å². The van der Waals surface area contributed by atoms with Gasteiger partial charge in [-0.25, -0.2) is 0 Å². The van der Waals surface area contributed by atoms with E-state index in [2.05, 4.69) is 0 Å². The monoisotopic (exact) mass is 262 g/mol. The summed E-state index contributed by atoms with van der Waals surface area (Å²) < 4.78 is 5.20. The van der Waals surface area contributed by atoms with Crippen molar-refractivity contribution in [2.45, 2.75) is 31.7 Å². The van der Waals surface area contributed by atoms with Crippen molar-refractivity contribution in [2.75, 3.05) is 20.2 Å². The predicted octanol–water partition coefficient (Wildman–Crippen LogP) is 1.75. The lowest BCUT2D eigenvalue weighted by molar-refractivity contribution is -0.133. The molecule has 1 aliphatic rings. The highest BCUT2D eigenvalue weighted by Crippen LogP contribution is 2.23. The minimum absolute atomic E-state index is 0.121. The minimum atomic E-state index is -0.152. The van der Waals surface area contributed by atoms with Gasteiger partial charge in [-0.3, -0.25) is 4.79 Å². The number of likely N-dealkylation sites (tertiary alicyclic amines) is 1. The number of methoxy groups -OCH3 is 1. The van der Waals surface area contributed by atoms with Crippen LogP contribution in [0, 0.1) is 0 Å². The third-order valence-corrected chi connectivity index (χ3v) is 3.73. The molecule has 1 heterocycles. The van der Waals surface area contributed by atoms with E-state index in [0.717, 1.165) is 30.7 Å². The molecule has 1 fully saturated rings.